The summed E-state index contributed by atoms with van der Waals surface area (Å²) in [6, 6.07) is 10.2. The van der Waals surface area contributed by atoms with Crippen LogP contribution < -0.4 is 5.32 Å². The third kappa shape index (κ3) is 5.67. The fourth-order valence-corrected chi connectivity index (χ4v) is 2.90. The van der Waals surface area contributed by atoms with Crippen molar-refractivity contribution in [2.45, 2.75) is 32.1 Å². The van der Waals surface area contributed by atoms with Gasteiger partial charge in [0.05, 0.1) is 5.92 Å². The van der Waals surface area contributed by atoms with E-state index in [2.05, 4.69) is 17.4 Å². The smallest absolute Gasteiger partial charge is 0.224 e. The van der Waals surface area contributed by atoms with Gasteiger partial charge in [-0.05, 0) is 31.2 Å². The number of nitrogens with zero attached hydrogens (tertiary/aromatic N) is 1. The summed E-state index contributed by atoms with van der Waals surface area (Å²) in [5.41, 5.74) is 1.27. The van der Waals surface area contributed by atoms with Crippen molar-refractivity contribution in [2.75, 3.05) is 26.2 Å². The second-order valence-corrected chi connectivity index (χ2v) is 6.03. The number of aliphatic hydroxyl groups excluding tert-OH is 1. The summed E-state index contributed by atoms with van der Waals surface area (Å²) in [5.74, 6) is 0.0274. The molecule has 0 saturated carbocycles. The fraction of sp³-hybridized carbons (Fsp3) is 0.556. The Labute approximate surface area is 137 Å². The number of hydrogen-bond donors (Lipinski definition) is 2. The van der Waals surface area contributed by atoms with Gasteiger partial charge in [-0.1, -0.05) is 30.3 Å². The molecule has 0 aliphatic carbocycles. The van der Waals surface area contributed by atoms with Crippen LogP contribution >= 0.6 is 0 Å². The molecule has 1 aliphatic heterocycles. The van der Waals surface area contributed by atoms with Crippen LogP contribution in [0.4, 0.5) is 0 Å². The Morgan fingerprint density at radius 2 is 2.04 bits per heavy atom. The minimum Gasteiger partial charge on any atom is -0.396 e. The molecular weight excluding hydrogens is 292 g/mol. The number of likely N-dealkylation sites (tertiary alicyclic amines) is 1. The average molecular weight is 318 g/mol. The van der Waals surface area contributed by atoms with E-state index < -0.39 is 0 Å². The zero-order valence-electron chi connectivity index (χ0n) is 13.5. The Bertz CT molecular complexity index is 504. The van der Waals surface area contributed by atoms with Crippen molar-refractivity contribution < 1.29 is 14.7 Å². The lowest BCUT2D eigenvalue weighted by molar-refractivity contribution is -0.138. The van der Waals surface area contributed by atoms with E-state index in [9.17, 15) is 9.59 Å². The summed E-state index contributed by atoms with van der Waals surface area (Å²) in [6.45, 7) is 1.79. The van der Waals surface area contributed by atoms with Crippen molar-refractivity contribution in [1.82, 2.24) is 10.2 Å². The van der Waals surface area contributed by atoms with Crippen molar-refractivity contribution in [3.05, 3.63) is 35.9 Å². The average Bonchev–Trinajstić information content (AvgIpc) is 2.57. The van der Waals surface area contributed by atoms with Crippen molar-refractivity contribution >= 4 is 11.8 Å². The molecule has 0 radical (unpaired) electrons. The highest BCUT2D eigenvalue weighted by Gasteiger charge is 2.29. The Hall–Kier alpha value is -1.88. The Balaban J connectivity index is 1.76. The summed E-state index contributed by atoms with van der Waals surface area (Å²) in [5, 5.41) is 11.6. The number of carbonyl (C=O) groups excluding carboxylic acids is 2. The van der Waals surface area contributed by atoms with Crippen molar-refractivity contribution in [2.24, 2.45) is 5.92 Å². The summed E-state index contributed by atoms with van der Waals surface area (Å²) in [7, 11) is 0. The molecule has 1 fully saturated rings. The SMILES string of the molecule is O=C(NCCCO)[C@@H]1CCC(=O)N(CCCc2ccccc2)C1. The molecule has 23 heavy (non-hydrogen) atoms. The van der Waals surface area contributed by atoms with Gasteiger partial charge in [0.25, 0.3) is 0 Å². The van der Waals surface area contributed by atoms with Crippen LogP contribution in [0.2, 0.25) is 0 Å². The molecule has 1 aromatic rings. The minimum absolute atomic E-state index is 0.000917. The maximum absolute atomic E-state index is 12.1. The Morgan fingerprint density at radius 1 is 1.26 bits per heavy atom. The Kier molecular flexibility index (Phi) is 7.07. The van der Waals surface area contributed by atoms with E-state index in [4.69, 9.17) is 5.11 Å². The number of aliphatic hydroxyl groups is 1. The van der Waals surface area contributed by atoms with Crippen LogP contribution in [0, 0.1) is 5.92 Å². The van der Waals surface area contributed by atoms with E-state index in [1.807, 2.05) is 23.1 Å². The second kappa shape index (κ2) is 9.30. The van der Waals surface area contributed by atoms with Crippen LogP contribution in [0.1, 0.15) is 31.2 Å². The number of nitrogens with one attached hydrogen (secondary N) is 1. The molecule has 1 saturated heterocycles. The summed E-state index contributed by atoms with van der Waals surface area (Å²) in [6.07, 6.45) is 3.49. The first-order valence-corrected chi connectivity index (χ1v) is 8.41. The Morgan fingerprint density at radius 3 is 2.78 bits per heavy atom. The van der Waals surface area contributed by atoms with Gasteiger partial charge in [-0.2, -0.15) is 0 Å². The van der Waals surface area contributed by atoms with Gasteiger partial charge in [0.15, 0.2) is 0 Å². The molecule has 0 unspecified atom stereocenters. The molecule has 2 rings (SSSR count). The highest BCUT2D eigenvalue weighted by atomic mass is 16.3. The molecule has 2 N–H and O–H groups in total. The van der Waals surface area contributed by atoms with Gasteiger partial charge in [-0.15, -0.1) is 0 Å². The largest absolute Gasteiger partial charge is 0.396 e. The fourth-order valence-electron chi connectivity index (χ4n) is 2.90. The molecule has 1 aliphatic rings. The second-order valence-electron chi connectivity index (χ2n) is 6.03. The van der Waals surface area contributed by atoms with E-state index in [0.717, 1.165) is 12.8 Å². The molecular formula is C18H26N2O3. The standard InChI is InChI=1S/C18H26N2O3/c21-13-5-11-19-18(23)16-9-10-17(22)20(14-16)12-4-8-15-6-2-1-3-7-15/h1-3,6-7,16,21H,4-5,8-14H2,(H,19,23)/t16-/m1/s1. The lowest BCUT2D eigenvalue weighted by Gasteiger charge is -2.32. The summed E-state index contributed by atoms with van der Waals surface area (Å²) < 4.78 is 0. The molecule has 1 atom stereocenters. The lowest BCUT2D eigenvalue weighted by atomic mass is 9.96. The highest BCUT2D eigenvalue weighted by Crippen LogP contribution is 2.18. The predicted molar refractivity (Wildman–Crippen MR) is 88.8 cm³/mol. The van der Waals surface area contributed by atoms with Gasteiger partial charge < -0.3 is 15.3 Å². The first-order valence-electron chi connectivity index (χ1n) is 8.41. The van der Waals surface area contributed by atoms with E-state index in [-0.39, 0.29) is 24.3 Å². The quantitative estimate of drug-likeness (QED) is 0.711. The zero-order chi connectivity index (χ0) is 16.5. The zero-order valence-corrected chi connectivity index (χ0v) is 13.5. The van der Waals surface area contributed by atoms with Crippen molar-refractivity contribution in [3.63, 3.8) is 0 Å². The van der Waals surface area contributed by atoms with E-state index in [1.54, 1.807) is 0 Å². The number of aryl methyl sites for hydroxylation is 1. The van der Waals surface area contributed by atoms with Gasteiger partial charge in [-0.25, -0.2) is 0 Å². The maximum Gasteiger partial charge on any atom is 0.224 e. The summed E-state index contributed by atoms with van der Waals surface area (Å²) in [4.78, 5) is 25.9. The number of carbonyl (C=O) groups is 2. The molecule has 0 spiro atoms. The van der Waals surface area contributed by atoms with Gasteiger partial charge in [0, 0.05) is 32.7 Å². The van der Waals surface area contributed by atoms with Crippen LogP contribution in [-0.4, -0.2) is 48.1 Å². The maximum atomic E-state index is 12.1. The number of piperidine rings is 1. The van der Waals surface area contributed by atoms with Crippen molar-refractivity contribution in [3.8, 4) is 0 Å². The topological polar surface area (TPSA) is 69.6 Å². The highest BCUT2D eigenvalue weighted by molar-refractivity contribution is 5.83. The number of rotatable bonds is 8. The lowest BCUT2D eigenvalue weighted by Crippen LogP contribution is -2.46. The van der Waals surface area contributed by atoms with Crippen LogP contribution in [0.15, 0.2) is 30.3 Å². The molecule has 126 valence electrons. The molecule has 2 amide bonds. The number of hydrogen-bond acceptors (Lipinski definition) is 3. The minimum atomic E-state index is -0.122. The van der Waals surface area contributed by atoms with Gasteiger partial charge in [-0.3, -0.25) is 9.59 Å². The summed E-state index contributed by atoms with van der Waals surface area (Å²) >= 11 is 0. The molecule has 5 nitrogen and oxygen atoms in total. The van der Waals surface area contributed by atoms with Crippen LogP contribution in [0.3, 0.4) is 0 Å². The monoisotopic (exact) mass is 318 g/mol. The normalized spacial score (nSPS) is 18.0. The van der Waals surface area contributed by atoms with E-state index >= 15 is 0 Å². The van der Waals surface area contributed by atoms with Gasteiger partial charge in [0.2, 0.25) is 11.8 Å². The van der Waals surface area contributed by atoms with Gasteiger partial charge >= 0.3 is 0 Å². The van der Waals surface area contributed by atoms with Crippen LogP contribution in [0.5, 0.6) is 0 Å². The number of amides is 2. The van der Waals surface area contributed by atoms with E-state index in [0.29, 0.717) is 38.9 Å². The molecule has 1 aromatic carbocycles. The third-order valence-electron chi connectivity index (χ3n) is 4.24. The predicted octanol–water partition coefficient (Wildman–Crippen LogP) is 1.36. The molecule has 5 heteroatoms. The third-order valence-corrected chi connectivity index (χ3v) is 4.24. The van der Waals surface area contributed by atoms with Crippen molar-refractivity contribution in [1.29, 1.82) is 0 Å². The first kappa shape index (κ1) is 17.5. The molecule has 1 heterocycles. The van der Waals surface area contributed by atoms with E-state index in [1.165, 1.54) is 5.56 Å². The molecule has 0 bridgehead atoms. The number of benzene rings is 1. The van der Waals surface area contributed by atoms with Crippen LogP contribution in [-0.2, 0) is 16.0 Å². The molecule has 0 aromatic heterocycles. The van der Waals surface area contributed by atoms with Crippen LogP contribution in [0.25, 0.3) is 0 Å². The first-order chi connectivity index (χ1) is 11.2. The van der Waals surface area contributed by atoms with Gasteiger partial charge in [0.1, 0.15) is 0 Å².